The summed E-state index contributed by atoms with van der Waals surface area (Å²) in [4.78, 5) is 25.5. The molecule has 2 aliphatic rings. The van der Waals surface area contributed by atoms with Crippen molar-refractivity contribution in [3.8, 4) is 11.8 Å². The molecule has 1 aromatic rings. The molecule has 1 heterocycles. The zero-order valence-corrected chi connectivity index (χ0v) is 17.6. The molecule has 1 saturated heterocycles. The second kappa shape index (κ2) is 10.7. The zero-order valence-electron chi connectivity index (χ0n) is 17.6. The lowest BCUT2D eigenvalue weighted by Gasteiger charge is -2.20. The molecule has 0 spiro atoms. The van der Waals surface area contributed by atoms with E-state index in [1.54, 1.807) is 23.1 Å². The molecule has 164 valence electrons. The first-order chi connectivity index (χ1) is 15.4. The van der Waals surface area contributed by atoms with Gasteiger partial charge in [-0.2, -0.15) is 0 Å². The predicted molar refractivity (Wildman–Crippen MR) is 124 cm³/mol. The van der Waals surface area contributed by atoms with E-state index >= 15 is 0 Å². The number of hydrogen-bond donors (Lipinski definition) is 5. The first-order valence-corrected chi connectivity index (χ1v) is 10.2. The number of likely N-dealkylation sites (tertiary alicyclic amines) is 1. The van der Waals surface area contributed by atoms with Crippen molar-refractivity contribution in [1.82, 2.24) is 10.3 Å². The summed E-state index contributed by atoms with van der Waals surface area (Å²) >= 11 is 0. The second-order valence-corrected chi connectivity index (χ2v) is 7.27. The number of nitrogens with two attached hydrogens (primary N) is 2. The Balaban J connectivity index is 1.70. The number of allylic oxidation sites excluding steroid dienone is 3. The lowest BCUT2D eigenvalue weighted by molar-refractivity contribution is -0.125. The maximum absolute atomic E-state index is 12.8. The van der Waals surface area contributed by atoms with Crippen LogP contribution in [0.25, 0.3) is 0 Å². The first kappa shape index (κ1) is 22.4. The molecule has 32 heavy (non-hydrogen) atoms. The molecule has 0 aromatic heterocycles. The van der Waals surface area contributed by atoms with Gasteiger partial charge in [-0.15, -0.1) is 5.10 Å². The smallest absolute Gasteiger partial charge is 0.333 e. The lowest BCUT2D eigenvalue weighted by atomic mass is 9.93. The third-order valence-electron chi connectivity index (χ3n) is 4.95. The number of carbonyl (C=O) groups excluding carboxylic acids is 2. The Morgan fingerprint density at radius 2 is 1.84 bits per heavy atom. The summed E-state index contributed by atoms with van der Waals surface area (Å²) in [5.74, 6) is 8.82. The minimum Gasteiger partial charge on any atom is -0.384 e. The van der Waals surface area contributed by atoms with E-state index in [0.717, 1.165) is 37.2 Å². The molecule has 0 atom stereocenters. The van der Waals surface area contributed by atoms with Crippen LogP contribution in [0.1, 0.15) is 24.8 Å². The van der Waals surface area contributed by atoms with Crippen molar-refractivity contribution >= 4 is 29.3 Å². The average molecular weight is 432 g/mol. The molecule has 0 bridgehead atoms. The van der Waals surface area contributed by atoms with Crippen LogP contribution in [0.4, 0.5) is 10.5 Å². The highest BCUT2D eigenvalue weighted by Crippen LogP contribution is 2.25. The molecule has 1 fully saturated rings. The fraction of sp³-hybridized carbons (Fsp3) is 0.261. The summed E-state index contributed by atoms with van der Waals surface area (Å²) in [5, 5.41) is 14.3. The van der Waals surface area contributed by atoms with Gasteiger partial charge in [0.1, 0.15) is 5.84 Å². The number of primary amides is 1. The molecule has 0 unspecified atom stereocenters. The number of anilines is 1. The van der Waals surface area contributed by atoms with Gasteiger partial charge < -0.3 is 21.7 Å². The highest BCUT2D eigenvalue weighted by atomic mass is 16.2. The average Bonchev–Trinajstić information content (AvgIpc) is 3.31. The van der Waals surface area contributed by atoms with Crippen molar-refractivity contribution in [2.45, 2.75) is 19.3 Å². The highest BCUT2D eigenvalue weighted by Gasteiger charge is 2.25. The lowest BCUT2D eigenvalue weighted by Crippen LogP contribution is -2.30. The number of amidine groups is 1. The SMILES string of the molecule is N=C(N)c1ccc(NCC#CC2=CC=C(C(=O)N3CCCC3)C(=C=NNC(N)=O)C2)cc1. The second-order valence-electron chi connectivity index (χ2n) is 7.27. The molecule has 0 saturated carbocycles. The van der Waals surface area contributed by atoms with Crippen LogP contribution in [0.15, 0.2) is 58.2 Å². The number of benzene rings is 1. The van der Waals surface area contributed by atoms with Gasteiger partial charge in [0, 0.05) is 47.8 Å². The number of rotatable bonds is 5. The van der Waals surface area contributed by atoms with Crippen molar-refractivity contribution in [2.75, 3.05) is 25.0 Å². The molecule has 1 aliphatic heterocycles. The van der Waals surface area contributed by atoms with Gasteiger partial charge in [-0.05, 0) is 49.3 Å². The third-order valence-corrected chi connectivity index (χ3v) is 4.95. The predicted octanol–water partition coefficient (Wildman–Crippen LogP) is 1.44. The Labute approximate surface area is 186 Å². The molecule has 0 radical (unpaired) electrons. The van der Waals surface area contributed by atoms with Gasteiger partial charge in [0.15, 0.2) is 0 Å². The molecule has 3 rings (SSSR count). The largest absolute Gasteiger partial charge is 0.384 e. The van der Waals surface area contributed by atoms with Gasteiger partial charge in [0.25, 0.3) is 5.91 Å². The Morgan fingerprint density at radius 1 is 1.12 bits per heavy atom. The van der Waals surface area contributed by atoms with Gasteiger partial charge in [-0.1, -0.05) is 11.8 Å². The van der Waals surface area contributed by atoms with E-state index in [0.29, 0.717) is 29.7 Å². The van der Waals surface area contributed by atoms with Crippen LogP contribution in [-0.4, -0.2) is 48.2 Å². The van der Waals surface area contributed by atoms with E-state index in [-0.39, 0.29) is 11.7 Å². The van der Waals surface area contributed by atoms with Crippen LogP contribution >= 0.6 is 0 Å². The van der Waals surface area contributed by atoms with E-state index in [4.69, 9.17) is 16.9 Å². The number of nitrogens with one attached hydrogen (secondary N) is 3. The van der Waals surface area contributed by atoms with E-state index < -0.39 is 6.03 Å². The fourth-order valence-electron chi connectivity index (χ4n) is 3.33. The first-order valence-electron chi connectivity index (χ1n) is 10.2. The molecule has 1 aromatic carbocycles. The van der Waals surface area contributed by atoms with Gasteiger partial charge in [-0.25, -0.2) is 10.2 Å². The number of hydrogen-bond acceptors (Lipinski definition) is 5. The van der Waals surface area contributed by atoms with Crippen LogP contribution in [0.2, 0.25) is 0 Å². The number of nitrogens with zero attached hydrogens (tertiary/aromatic N) is 2. The van der Waals surface area contributed by atoms with Crippen LogP contribution in [0.3, 0.4) is 0 Å². The molecule has 3 amide bonds. The van der Waals surface area contributed by atoms with Crippen molar-refractivity contribution in [2.24, 2.45) is 16.6 Å². The molecule has 9 heteroatoms. The summed E-state index contributed by atoms with van der Waals surface area (Å²) < 4.78 is 0. The molecular weight excluding hydrogens is 406 g/mol. The van der Waals surface area contributed by atoms with E-state index in [2.05, 4.69) is 33.6 Å². The zero-order chi connectivity index (χ0) is 22.9. The number of nitrogen functional groups attached to an aromatic ring is 1. The minimum absolute atomic E-state index is 0.0228. The van der Waals surface area contributed by atoms with Crippen molar-refractivity contribution in [3.05, 3.63) is 58.7 Å². The van der Waals surface area contributed by atoms with Gasteiger partial charge in [-0.3, -0.25) is 10.2 Å². The summed E-state index contributed by atoms with van der Waals surface area (Å²) in [6.45, 7) is 1.88. The van der Waals surface area contributed by atoms with Crippen molar-refractivity contribution in [1.29, 1.82) is 5.41 Å². The maximum atomic E-state index is 12.8. The Morgan fingerprint density at radius 3 is 2.50 bits per heavy atom. The quantitative estimate of drug-likeness (QED) is 0.207. The fourth-order valence-corrected chi connectivity index (χ4v) is 3.33. The Hall–Kier alpha value is -4.28. The monoisotopic (exact) mass is 431 g/mol. The Kier molecular flexibility index (Phi) is 7.46. The van der Waals surface area contributed by atoms with Crippen LogP contribution < -0.4 is 22.2 Å². The Bertz CT molecular complexity index is 1090. The third kappa shape index (κ3) is 6.11. The van der Waals surface area contributed by atoms with E-state index in [9.17, 15) is 9.59 Å². The van der Waals surface area contributed by atoms with Crippen LogP contribution in [-0.2, 0) is 4.79 Å². The minimum atomic E-state index is -0.803. The number of urea groups is 1. The highest BCUT2D eigenvalue weighted by molar-refractivity contribution is 6.02. The van der Waals surface area contributed by atoms with Crippen LogP contribution in [0.5, 0.6) is 0 Å². The van der Waals surface area contributed by atoms with Gasteiger partial charge >= 0.3 is 6.03 Å². The maximum Gasteiger partial charge on any atom is 0.333 e. The summed E-state index contributed by atoms with van der Waals surface area (Å²) in [6, 6.07) is 6.40. The standard InChI is InChI=1S/C23H25N7O2/c24-21(25)17-6-8-19(9-7-17)27-11-3-4-16-5-10-20(22(31)30-12-1-2-13-30)18(14-16)15-28-29-23(26)32/h5-10,27H,1-2,11-14H2,(H3,24,25)(H3,26,29,32). The number of carbonyl (C=O) groups is 2. The van der Waals surface area contributed by atoms with Crippen LogP contribution in [0, 0.1) is 17.3 Å². The number of amides is 3. The van der Waals surface area contributed by atoms with Gasteiger partial charge in [0.2, 0.25) is 0 Å². The summed E-state index contributed by atoms with van der Waals surface area (Å²) in [5.41, 5.74) is 16.0. The van der Waals surface area contributed by atoms with Crippen molar-refractivity contribution < 1.29 is 9.59 Å². The molecule has 9 nitrogen and oxygen atoms in total. The van der Waals surface area contributed by atoms with Crippen molar-refractivity contribution in [3.63, 3.8) is 0 Å². The summed E-state index contributed by atoms with van der Waals surface area (Å²) in [7, 11) is 0. The molecule has 7 N–H and O–H groups in total. The number of hydrazone groups is 1. The van der Waals surface area contributed by atoms with E-state index in [1.165, 1.54) is 0 Å². The molecular formula is C23H25N7O2. The van der Waals surface area contributed by atoms with Gasteiger partial charge in [0.05, 0.1) is 12.1 Å². The normalized spacial score (nSPS) is 14.9. The topological polar surface area (TPSA) is 150 Å². The van der Waals surface area contributed by atoms with E-state index in [1.807, 2.05) is 18.2 Å². The molecule has 1 aliphatic carbocycles. The summed E-state index contributed by atoms with van der Waals surface area (Å²) in [6.07, 6.45) is 5.91.